The molecule has 0 aliphatic carbocycles. The Bertz CT molecular complexity index is 575. The van der Waals surface area contributed by atoms with Gasteiger partial charge in [-0.1, -0.05) is 44.5 Å². The average molecular weight is 311 g/mol. The fraction of sp³-hybridized carbons (Fsp3) is 0.625. The Hall–Kier alpha value is -0.910. The zero-order valence-corrected chi connectivity index (χ0v) is 13.7. The Balaban J connectivity index is 2.05. The van der Waals surface area contributed by atoms with Gasteiger partial charge >= 0.3 is 0 Å². The molecule has 1 aromatic carbocycles. The molecule has 0 saturated carbocycles. The van der Waals surface area contributed by atoms with Crippen molar-refractivity contribution in [2.75, 3.05) is 13.1 Å². The Morgan fingerprint density at radius 3 is 2.43 bits per heavy atom. The molecule has 0 radical (unpaired) electrons. The Morgan fingerprint density at radius 1 is 1.24 bits per heavy atom. The number of benzene rings is 1. The van der Waals surface area contributed by atoms with Gasteiger partial charge in [0.1, 0.15) is 0 Å². The van der Waals surface area contributed by atoms with Crippen molar-refractivity contribution in [2.24, 2.45) is 5.41 Å². The molecular formula is C16H25NO3S. The first kappa shape index (κ1) is 16.5. The summed E-state index contributed by atoms with van der Waals surface area (Å²) in [6.45, 7) is 5.58. The van der Waals surface area contributed by atoms with Crippen LogP contribution in [0.15, 0.2) is 24.3 Å². The quantitative estimate of drug-likeness (QED) is 0.909. The number of aliphatic hydroxyl groups is 1. The van der Waals surface area contributed by atoms with Gasteiger partial charge in [-0.25, -0.2) is 12.7 Å². The lowest BCUT2D eigenvalue weighted by atomic mass is 9.79. The van der Waals surface area contributed by atoms with Crippen LogP contribution in [0.5, 0.6) is 0 Å². The summed E-state index contributed by atoms with van der Waals surface area (Å²) in [5.41, 5.74) is 1.77. The van der Waals surface area contributed by atoms with Crippen LogP contribution >= 0.6 is 0 Å². The monoisotopic (exact) mass is 311 g/mol. The minimum atomic E-state index is -3.27. The van der Waals surface area contributed by atoms with Crippen LogP contribution in [0.3, 0.4) is 0 Å². The first-order valence-corrected chi connectivity index (χ1v) is 9.16. The molecule has 0 bridgehead atoms. The molecular weight excluding hydrogens is 286 g/mol. The van der Waals surface area contributed by atoms with Gasteiger partial charge in [0, 0.05) is 13.1 Å². The molecule has 0 spiro atoms. The van der Waals surface area contributed by atoms with Gasteiger partial charge in [0.15, 0.2) is 0 Å². The third-order valence-electron chi connectivity index (χ3n) is 4.70. The van der Waals surface area contributed by atoms with Gasteiger partial charge in [0.25, 0.3) is 0 Å². The van der Waals surface area contributed by atoms with Crippen molar-refractivity contribution in [1.82, 2.24) is 4.31 Å². The number of aliphatic hydroxyl groups excluding tert-OH is 1. The number of hydrogen-bond acceptors (Lipinski definition) is 3. The molecule has 2 rings (SSSR count). The maximum Gasteiger partial charge on any atom is 0.218 e. The topological polar surface area (TPSA) is 57.6 Å². The van der Waals surface area contributed by atoms with E-state index in [1.165, 1.54) is 0 Å². The first-order chi connectivity index (χ1) is 9.88. The maximum absolute atomic E-state index is 12.5. The number of nitrogens with zero attached hydrogens (tertiary/aromatic N) is 1. The van der Waals surface area contributed by atoms with E-state index in [4.69, 9.17) is 5.11 Å². The lowest BCUT2D eigenvalue weighted by Gasteiger charge is -2.38. The Labute approximate surface area is 127 Å². The summed E-state index contributed by atoms with van der Waals surface area (Å²) < 4.78 is 26.7. The second-order valence-electron chi connectivity index (χ2n) is 6.30. The van der Waals surface area contributed by atoms with E-state index in [-0.39, 0.29) is 17.8 Å². The van der Waals surface area contributed by atoms with E-state index in [1.807, 2.05) is 0 Å². The lowest BCUT2D eigenvalue weighted by molar-refractivity contribution is 0.169. The Morgan fingerprint density at radius 2 is 1.86 bits per heavy atom. The molecule has 0 aromatic heterocycles. The summed E-state index contributed by atoms with van der Waals surface area (Å²) in [4.78, 5) is 0. The average Bonchev–Trinajstić information content (AvgIpc) is 2.47. The van der Waals surface area contributed by atoms with E-state index in [9.17, 15) is 8.42 Å². The van der Waals surface area contributed by atoms with E-state index < -0.39 is 10.0 Å². The predicted octanol–water partition coefficient (Wildman–Crippen LogP) is 2.52. The summed E-state index contributed by atoms with van der Waals surface area (Å²) in [5.74, 6) is 0.0175. The van der Waals surface area contributed by atoms with E-state index in [2.05, 4.69) is 13.8 Å². The summed E-state index contributed by atoms with van der Waals surface area (Å²) in [7, 11) is -3.27. The largest absolute Gasteiger partial charge is 0.392 e. The zero-order valence-electron chi connectivity index (χ0n) is 12.9. The number of rotatable bonds is 5. The van der Waals surface area contributed by atoms with Gasteiger partial charge < -0.3 is 5.11 Å². The molecule has 5 heteroatoms. The lowest BCUT2D eigenvalue weighted by Crippen LogP contribution is -2.42. The van der Waals surface area contributed by atoms with Crippen molar-refractivity contribution in [3.63, 3.8) is 0 Å². The molecule has 1 aromatic rings. The van der Waals surface area contributed by atoms with Crippen molar-refractivity contribution in [1.29, 1.82) is 0 Å². The van der Waals surface area contributed by atoms with Crippen LogP contribution in [0.4, 0.5) is 0 Å². The van der Waals surface area contributed by atoms with Crippen LogP contribution in [0.2, 0.25) is 0 Å². The molecule has 1 saturated heterocycles. The second kappa shape index (κ2) is 6.46. The molecule has 1 heterocycles. The highest BCUT2D eigenvalue weighted by atomic mass is 32.2. The molecule has 0 amide bonds. The minimum Gasteiger partial charge on any atom is -0.392 e. The maximum atomic E-state index is 12.5. The number of piperidine rings is 1. The molecule has 1 N–H and O–H groups in total. The van der Waals surface area contributed by atoms with Crippen molar-refractivity contribution < 1.29 is 13.5 Å². The van der Waals surface area contributed by atoms with Crippen LogP contribution in [0.1, 0.15) is 44.2 Å². The SMILES string of the molecule is CCC1(C)CCN(S(=O)(=O)Cc2cccc(CO)c2)CC1. The summed E-state index contributed by atoms with van der Waals surface area (Å²) in [6, 6.07) is 7.15. The van der Waals surface area contributed by atoms with Gasteiger partial charge in [0.05, 0.1) is 12.4 Å². The molecule has 4 nitrogen and oxygen atoms in total. The van der Waals surface area contributed by atoms with Crippen molar-refractivity contribution in [2.45, 2.75) is 45.5 Å². The van der Waals surface area contributed by atoms with Crippen molar-refractivity contribution in [3.8, 4) is 0 Å². The van der Waals surface area contributed by atoms with Gasteiger partial charge in [-0.3, -0.25) is 0 Å². The van der Waals surface area contributed by atoms with E-state index in [1.54, 1.807) is 28.6 Å². The standard InChI is InChI=1S/C16H25NO3S/c1-3-16(2)7-9-17(10-8-16)21(19,20)13-15-6-4-5-14(11-15)12-18/h4-6,11,18H,3,7-10,12-13H2,1-2H3. The molecule has 21 heavy (non-hydrogen) atoms. The molecule has 1 fully saturated rings. The predicted molar refractivity (Wildman–Crippen MR) is 84.2 cm³/mol. The number of hydrogen-bond donors (Lipinski definition) is 1. The zero-order chi connectivity index (χ0) is 15.5. The van der Waals surface area contributed by atoms with E-state index >= 15 is 0 Å². The highest BCUT2D eigenvalue weighted by Gasteiger charge is 2.33. The Kier molecular flexibility index (Phi) is 5.07. The molecule has 1 aliphatic heterocycles. The van der Waals surface area contributed by atoms with Gasteiger partial charge in [-0.15, -0.1) is 0 Å². The number of sulfonamides is 1. The van der Waals surface area contributed by atoms with Crippen LogP contribution < -0.4 is 0 Å². The highest BCUT2D eigenvalue weighted by Crippen LogP contribution is 2.35. The fourth-order valence-electron chi connectivity index (χ4n) is 2.78. The van der Waals surface area contributed by atoms with E-state index in [0.717, 1.165) is 30.4 Å². The normalized spacial score (nSPS) is 19.6. The second-order valence-corrected chi connectivity index (χ2v) is 8.27. The van der Waals surface area contributed by atoms with Crippen LogP contribution in [-0.4, -0.2) is 30.9 Å². The fourth-order valence-corrected chi connectivity index (χ4v) is 4.30. The van der Waals surface area contributed by atoms with Crippen LogP contribution in [-0.2, 0) is 22.4 Å². The van der Waals surface area contributed by atoms with Gasteiger partial charge in [0.2, 0.25) is 10.0 Å². The molecule has 1 aliphatic rings. The highest BCUT2D eigenvalue weighted by molar-refractivity contribution is 7.88. The van der Waals surface area contributed by atoms with Gasteiger partial charge in [-0.2, -0.15) is 0 Å². The van der Waals surface area contributed by atoms with Crippen molar-refractivity contribution >= 4 is 10.0 Å². The van der Waals surface area contributed by atoms with Crippen molar-refractivity contribution in [3.05, 3.63) is 35.4 Å². The minimum absolute atomic E-state index is 0.0175. The first-order valence-electron chi connectivity index (χ1n) is 7.55. The third-order valence-corrected chi connectivity index (χ3v) is 6.55. The van der Waals surface area contributed by atoms with Crippen LogP contribution in [0.25, 0.3) is 0 Å². The molecule has 0 unspecified atom stereocenters. The summed E-state index contributed by atoms with van der Waals surface area (Å²) in [5, 5.41) is 9.13. The molecule has 118 valence electrons. The van der Waals surface area contributed by atoms with Crippen LogP contribution in [0, 0.1) is 5.41 Å². The van der Waals surface area contributed by atoms with Gasteiger partial charge in [-0.05, 0) is 29.4 Å². The summed E-state index contributed by atoms with van der Waals surface area (Å²) in [6.07, 6.45) is 2.96. The third kappa shape index (κ3) is 4.05. The molecule has 0 atom stereocenters. The summed E-state index contributed by atoms with van der Waals surface area (Å²) >= 11 is 0. The van der Waals surface area contributed by atoms with E-state index in [0.29, 0.717) is 13.1 Å². The smallest absolute Gasteiger partial charge is 0.218 e.